The van der Waals surface area contributed by atoms with E-state index in [1.165, 1.54) is 0 Å². The zero-order valence-corrected chi connectivity index (χ0v) is 8.77. The van der Waals surface area contributed by atoms with Crippen LogP contribution >= 0.6 is 0 Å². The fraction of sp³-hybridized carbons (Fsp3) is 0.333. The third-order valence-electron chi connectivity index (χ3n) is 2.06. The second kappa shape index (κ2) is 5.96. The van der Waals surface area contributed by atoms with Crippen LogP contribution in [0, 0.1) is 0 Å². The lowest BCUT2D eigenvalue weighted by molar-refractivity contribution is -0.121. The average Bonchev–Trinajstić information content (AvgIpc) is 2.19. The Kier molecular flexibility index (Phi) is 4.54. The highest BCUT2D eigenvalue weighted by molar-refractivity contribution is 5.79. The maximum Gasteiger partial charge on any atom is 0.224 e. The fourth-order valence-electron chi connectivity index (χ4n) is 1.31. The third kappa shape index (κ3) is 4.40. The van der Waals surface area contributed by atoms with Crippen LogP contribution in [0.15, 0.2) is 30.3 Å². The van der Waals surface area contributed by atoms with E-state index in [4.69, 9.17) is 0 Å². The van der Waals surface area contributed by atoms with Crippen LogP contribution in [0.5, 0.6) is 0 Å². The van der Waals surface area contributed by atoms with Gasteiger partial charge in [-0.1, -0.05) is 30.3 Å². The molecule has 1 aromatic carbocycles. The Morgan fingerprint density at radius 3 is 2.67 bits per heavy atom. The van der Waals surface area contributed by atoms with Gasteiger partial charge in [0.25, 0.3) is 0 Å². The summed E-state index contributed by atoms with van der Waals surface area (Å²) >= 11 is 0. The van der Waals surface area contributed by atoms with Gasteiger partial charge in [-0.2, -0.15) is 0 Å². The molecule has 1 amide bonds. The predicted molar refractivity (Wildman–Crippen MR) is 58.4 cm³/mol. The first-order valence-electron chi connectivity index (χ1n) is 4.99. The molecule has 0 radical (unpaired) electrons. The first-order valence-corrected chi connectivity index (χ1v) is 4.99. The van der Waals surface area contributed by atoms with E-state index in [1.807, 2.05) is 37.3 Å². The van der Waals surface area contributed by atoms with E-state index in [1.54, 1.807) is 0 Å². The molecular formula is C12H15NO2. The van der Waals surface area contributed by atoms with Gasteiger partial charge in [-0.05, 0) is 12.5 Å². The summed E-state index contributed by atoms with van der Waals surface area (Å²) in [4.78, 5) is 21.7. The van der Waals surface area contributed by atoms with Gasteiger partial charge in [0, 0.05) is 12.5 Å². The van der Waals surface area contributed by atoms with Crippen molar-refractivity contribution in [3.63, 3.8) is 0 Å². The van der Waals surface area contributed by atoms with Gasteiger partial charge in [0.1, 0.15) is 6.29 Å². The quantitative estimate of drug-likeness (QED) is 0.737. The summed E-state index contributed by atoms with van der Waals surface area (Å²) < 4.78 is 0. The Morgan fingerprint density at radius 2 is 2.07 bits per heavy atom. The van der Waals surface area contributed by atoms with Gasteiger partial charge in [0.05, 0.1) is 6.42 Å². The van der Waals surface area contributed by atoms with Crippen molar-refractivity contribution in [2.24, 2.45) is 0 Å². The summed E-state index contributed by atoms with van der Waals surface area (Å²) in [6.07, 6.45) is 1.54. The van der Waals surface area contributed by atoms with Crippen LogP contribution in [0.25, 0.3) is 0 Å². The maximum atomic E-state index is 11.5. The zero-order valence-electron chi connectivity index (χ0n) is 8.77. The predicted octanol–water partition coefficient (Wildman–Crippen LogP) is 1.32. The van der Waals surface area contributed by atoms with Crippen LogP contribution in [-0.2, 0) is 16.0 Å². The number of rotatable bonds is 5. The molecule has 1 aromatic rings. The zero-order chi connectivity index (χ0) is 11.1. The van der Waals surface area contributed by atoms with E-state index in [0.717, 1.165) is 11.8 Å². The summed E-state index contributed by atoms with van der Waals surface area (Å²) in [6, 6.07) is 9.44. The van der Waals surface area contributed by atoms with Crippen molar-refractivity contribution < 1.29 is 9.59 Å². The Hall–Kier alpha value is -1.64. The summed E-state index contributed by atoms with van der Waals surface area (Å²) in [7, 11) is 0. The number of nitrogens with one attached hydrogen (secondary N) is 1. The van der Waals surface area contributed by atoms with E-state index in [9.17, 15) is 9.59 Å². The molecule has 0 bridgehead atoms. The van der Waals surface area contributed by atoms with Crippen LogP contribution < -0.4 is 5.32 Å². The minimum absolute atomic E-state index is 0.0458. The minimum atomic E-state index is -0.0845. The van der Waals surface area contributed by atoms with Crippen molar-refractivity contribution in [1.29, 1.82) is 0 Å². The molecule has 0 spiro atoms. The van der Waals surface area contributed by atoms with Crippen LogP contribution in [0.3, 0.4) is 0 Å². The van der Waals surface area contributed by atoms with E-state index in [2.05, 4.69) is 5.32 Å². The van der Waals surface area contributed by atoms with E-state index in [-0.39, 0.29) is 11.9 Å². The molecular weight excluding hydrogens is 190 g/mol. The molecule has 15 heavy (non-hydrogen) atoms. The van der Waals surface area contributed by atoms with Crippen molar-refractivity contribution in [2.75, 3.05) is 0 Å². The molecule has 0 aliphatic heterocycles. The smallest absolute Gasteiger partial charge is 0.224 e. The average molecular weight is 205 g/mol. The van der Waals surface area contributed by atoms with Crippen LogP contribution in [0.2, 0.25) is 0 Å². The highest BCUT2D eigenvalue weighted by atomic mass is 16.1. The Labute approximate surface area is 89.5 Å². The van der Waals surface area contributed by atoms with Crippen LogP contribution in [-0.4, -0.2) is 18.2 Å². The number of hydrogen-bond donors (Lipinski definition) is 1. The summed E-state index contributed by atoms with van der Waals surface area (Å²) in [5.41, 5.74) is 0.980. The summed E-state index contributed by atoms with van der Waals surface area (Å²) in [5.74, 6) is -0.0458. The van der Waals surface area contributed by atoms with Crippen molar-refractivity contribution in [1.82, 2.24) is 5.32 Å². The number of amides is 1. The Morgan fingerprint density at radius 1 is 1.40 bits per heavy atom. The van der Waals surface area contributed by atoms with Crippen molar-refractivity contribution in [3.8, 4) is 0 Å². The molecule has 0 aliphatic carbocycles. The molecule has 80 valence electrons. The van der Waals surface area contributed by atoms with Crippen molar-refractivity contribution in [2.45, 2.75) is 25.8 Å². The van der Waals surface area contributed by atoms with Gasteiger partial charge in [0.2, 0.25) is 5.91 Å². The van der Waals surface area contributed by atoms with E-state index < -0.39 is 0 Å². The monoisotopic (exact) mass is 205 g/mol. The number of aldehydes is 1. The number of carbonyl (C=O) groups is 2. The highest BCUT2D eigenvalue weighted by Gasteiger charge is 2.06. The lowest BCUT2D eigenvalue weighted by Gasteiger charge is -2.10. The lowest BCUT2D eigenvalue weighted by atomic mass is 10.1. The molecule has 1 rings (SSSR count). The molecule has 1 N–H and O–H groups in total. The number of hydrogen-bond acceptors (Lipinski definition) is 2. The maximum absolute atomic E-state index is 11.5. The fourth-order valence-corrected chi connectivity index (χ4v) is 1.31. The molecule has 3 heteroatoms. The lowest BCUT2D eigenvalue weighted by Crippen LogP contribution is -2.33. The van der Waals surface area contributed by atoms with Gasteiger partial charge in [-0.3, -0.25) is 4.79 Å². The topological polar surface area (TPSA) is 46.2 Å². The normalized spacial score (nSPS) is 11.8. The number of carbonyl (C=O) groups excluding carboxylic acids is 2. The molecule has 0 saturated heterocycles. The van der Waals surface area contributed by atoms with Crippen LogP contribution in [0.1, 0.15) is 18.9 Å². The summed E-state index contributed by atoms with van der Waals surface area (Å²) in [5, 5.41) is 2.76. The standard InChI is InChI=1S/C12H15NO2/c1-10(7-8-14)13-12(15)9-11-5-3-2-4-6-11/h2-6,8,10H,7,9H2,1H3,(H,13,15). The molecule has 0 heterocycles. The molecule has 3 nitrogen and oxygen atoms in total. The largest absolute Gasteiger partial charge is 0.353 e. The molecule has 0 aromatic heterocycles. The second-order valence-electron chi connectivity index (χ2n) is 3.53. The van der Waals surface area contributed by atoms with E-state index >= 15 is 0 Å². The Balaban J connectivity index is 2.39. The summed E-state index contributed by atoms with van der Waals surface area (Å²) in [6.45, 7) is 1.82. The highest BCUT2D eigenvalue weighted by Crippen LogP contribution is 1.99. The second-order valence-corrected chi connectivity index (χ2v) is 3.53. The van der Waals surface area contributed by atoms with Crippen molar-refractivity contribution >= 4 is 12.2 Å². The van der Waals surface area contributed by atoms with Gasteiger partial charge in [-0.15, -0.1) is 0 Å². The van der Waals surface area contributed by atoms with Gasteiger partial charge in [-0.25, -0.2) is 0 Å². The van der Waals surface area contributed by atoms with Crippen LogP contribution in [0.4, 0.5) is 0 Å². The third-order valence-corrected chi connectivity index (χ3v) is 2.06. The Bertz CT molecular complexity index is 322. The van der Waals surface area contributed by atoms with Gasteiger partial charge in [0.15, 0.2) is 0 Å². The van der Waals surface area contributed by atoms with Gasteiger partial charge >= 0.3 is 0 Å². The molecule has 0 fully saturated rings. The minimum Gasteiger partial charge on any atom is -0.353 e. The van der Waals surface area contributed by atoms with E-state index in [0.29, 0.717) is 12.8 Å². The van der Waals surface area contributed by atoms with Gasteiger partial charge < -0.3 is 10.1 Å². The first kappa shape index (κ1) is 11.4. The molecule has 0 saturated carbocycles. The SMILES string of the molecule is CC(CC=O)NC(=O)Cc1ccccc1. The molecule has 1 unspecified atom stereocenters. The first-order chi connectivity index (χ1) is 7.22. The molecule has 0 aliphatic rings. The number of benzene rings is 1. The van der Waals surface area contributed by atoms with Crippen molar-refractivity contribution in [3.05, 3.63) is 35.9 Å². The molecule has 1 atom stereocenters.